The van der Waals surface area contributed by atoms with Crippen molar-refractivity contribution in [3.05, 3.63) is 23.8 Å². The van der Waals surface area contributed by atoms with Crippen molar-refractivity contribution in [1.29, 1.82) is 0 Å². The molecule has 0 aliphatic carbocycles. The molecular weight excluding hydrogens is 286 g/mol. The smallest absolute Gasteiger partial charge is 0.241 e. The van der Waals surface area contributed by atoms with Gasteiger partial charge in [0.15, 0.2) is 0 Å². The van der Waals surface area contributed by atoms with Gasteiger partial charge in [0.1, 0.15) is 0 Å². The second-order valence-electron chi connectivity index (χ2n) is 6.09. The number of nitrogen functional groups attached to an aromatic ring is 1. The Kier molecular flexibility index (Phi) is 3.94. The van der Waals surface area contributed by atoms with E-state index in [2.05, 4.69) is 9.62 Å². The van der Waals surface area contributed by atoms with Crippen LogP contribution in [0.4, 0.5) is 5.69 Å². The molecule has 21 heavy (non-hydrogen) atoms. The number of anilines is 1. The molecule has 2 atom stereocenters. The molecule has 1 aromatic rings. The fraction of sp³-hybridized carbons (Fsp3) is 0.600. The second kappa shape index (κ2) is 5.59. The molecule has 3 rings (SSSR count). The number of benzene rings is 1. The molecule has 2 saturated heterocycles. The summed E-state index contributed by atoms with van der Waals surface area (Å²) in [7, 11) is -3.50. The fourth-order valence-electron chi connectivity index (χ4n) is 3.57. The van der Waals surface area contributed by atoms with Gasteiger partial charge in [0.2, 0.25) is 10.0 Å². The Morgan fingerprint density at radius 3 is 2.86 bits per heavy atom. The minimum Gasteiger partial charge on any atom is -0.398 e. The molecule has 0 bridgehead atoms. The topological polar surface area (TPSA) is 75.4 Å². The van der Waals surface area contributed by atoms with Crippen molar-refractivity contribution < 1.29 is 8.42 Å². The summed E-state index contributed by atoms with van der Waals surface area (Å²) in [5.41, 5.74) is 6.98. The standard InChI is InChI=1S/C15H23N3O2S/c1-11-12(16)5-4-7-15(11)21(19,20)17-13-8-10-18-9-3-2-6-14(13)18/h4-5,7,13-14,17H,2-3,6,8-10,16H2,1H3. The summed E-state index contributed by atoms with van der Waals surface area (Å²) in [6.07, 6.45) is 4.40. The van der Waals surface area contributed by atoms with Crippen LogP contribution in [-0.2, 0) is 10.0 Å². The van der Waals surface area contributed by atoms with Gasteiger partial charge in [-0.25, -0.2) is 13.1 Å². The molecule has 2 fully saturated rings. The van der Waals surface area contributed by atoms with Gasteiger partial charge in [0.05, 0.1) is 4.90 Å². The van der Waals surface area contributed by atoms with Crippen LogP contribution >= 0.6 is 0 Å². The van der Waals surface area contributed by atoms with Crippen LogP contribution in [0.2, 0.25) is 0 Å². The molecule has 2 aliphatic heterocycles. The number of nitrogens with zero attached hydrogens (tertiary/aromatic N) is 1. The summed E-state index contributed by atoms with van der Waals surface area (Å²) >= 11 is 0. The zero-order valence-electron chi connectivity index (χ0n) is 12.4. The molecular formula is C15H23N3O2S. The third-order valence-electron chi connectivity index (χ3n) is 4.78. The van der Waals surface area contributed by atoms with Crippen LogP contribution in [0.15, 0.2) is 23.1 Å². The minimum absolute atomic E-state index is 0.0242. The zero-order valence-corrected chi connectivity index (χ0v) is 13.2. The van der Waals surface area contributed by atoms with E-state index in [1.807, 2.05) is 0 Å². The van der Waals surface area contributed by atoms with E-state index in [9.17, 15) is 8.42 Å². The molecule has 0 amide bonds. The zero-order chi connectivity index (χ0) is 15.0. The number of fused-ring (bicyclic) bond motifs is 1. The van der Waals surface area contributed by atoms with Gasteiger partial charge in [-0.3, -0.25) is 4.90 Å². The minimum atomic E-state index is -3.50. The third-order valence-corrected chi connectivity index (χ3v) is 6.41. The molecule has 0 aromatic heterocycles. The van der Waals surface area contributed by atoms with Crippen molar-refractivity contribution in [1.82, 2.24) is 9.62 Å². The Morgan fingerprint density at radius 1 is 1.24 bits per heavy atom. The lowest BCUT2D eigenvalue weighted by atomic mass is 10.00. The molecule has 5 nitrogen and oxygen atoms in total. The average molecular weight is 309 g/mol. The van der Waals surface area contributed by atoms with Gasteiger partial charge < -0.3 is 5.73 Å². The summed E-state index contributed by atoms with van der Waals surface area (Å²) in [5.74, 6) is 0. The Morgan fingerprint density at radius 2 is 2.05 bits per heavy atom. The molecule has 2 unspecified atom stereocenters. The van der Waals surface area contributed by atoms with E-state index in [1.165, 1.54) is 12.8 Å². The van der Waals surface area contributed by atoms with E-state index in [0.29, 0.717) is 22.2 Å². The number of nitrogens with one attached hydrogen (secondary N) is 1. The molecule has 2 heterocycles. The van der Waals surface area contributed by atoms with Crippen LogP contribution in [0, 0.1) is 6.92 Å². The molecule has 0 spiro atoms. The Hall–Kier alpha value is -1.11. The number of rotatable bonds is 3. The van der Waals surface area contributed by atoms with Crippen molar-refractivity contribution in [2.24, 2.45) is 0 Å². The first kappa shape index (κ1) is 14.8. The van der Waals surface area contributed by atoms with Crippen LogP contribution in [0.3, 0.4) is 0 Å². The number of hydrogen-bond donors (Lipinski definition) is 2. The summed E-state index contributed by atoms with van der Waals surface area (Å²) < 4.78 is 28.2. The molecule has 6 heteroatoms. The molecule has 0 radical (unpaired) electrons. The first-order valence-electron chi connectivity index (χ1n) is 7.60. The Balaban J connectivity index is 1.82. The van der Waals surface area contributed by atoms with Gasteiger partial charge in [0.25, 0.3) is 0 Å². The van der Waals surface area contributed by atoms with Crippen LogP contribution in [0.5, 0.6) is 0 Å². The largest absolute Gasteiger partial charge is 0.398 e. The highest BCUT2D eigenvalue weighted by Gasteiger charge is 2.38. The van der Waals surface area contributed by atoms with Gasteiger partial charge in [-0.2, -0.15) is 0 Å². The van der Waals surface area contributed by atoms with E-state index >= 15 is 0 Å². The predicted octanol–water partition coefficient (Wildman–Crippen LogP) is 1.48. The quantitative estimate of drug-likeness (QED) is 0.829. The van der Waals surface area contributed by atoms with Crippen molar-refractivity contribution in [3.8, 4) is 0 Å². The van der Waals surface area contributed by atoms with Crippen molar-refractivity contribution in [3.63, 3.8) is 0 Å². The summed E-state index contributed by atoms with van der Waals surface area (Å²) in [5, 5.41) is 0. The number of hydrogen-bond acceptors (Lipinski definition) is 4. The predicted molar refractivity (Wildman–Crippen MR) is 83.5 cm³/mol. The van der Waals surface area contributed by atoms with E-state index in [4.69, 9.17) is 5.73 Å². The molecule has 3 N–H and O–H groups in total. The maximum absolute atomic E-state index is 12.7. The van der Waals surface area contributed by atoms with Gasteiger partial charge in [0, 0.05) is 24.3 Å². The lowest BCUT2D eigenvalue weighted by molar-refractivity contribution is 0.186. The Labute approximate surface area is 126 Å². The molecule has 0 saturated carbocycles. The second-order valence-corrected chi connectivity index (χ2v) is 7.77. The maximum atomic E-state index is 12.7. The van der Waals surface area contributed by atoms with E-state index < -0.39 is 10.0 Å². The van der Waals surface area contributed by atoms with Gasteiger partial charge in [-0.1, -0.05) is 12.5 Å². The molecule has 2 aliphatic rings. The molecule has 116 valence electrons. The van der Waals surface area contributed by atoms with Crippen LogP contribution in [0.1, 0.15) is 31.2 Å². The first-order chi connectivity index (χ1) is 9.99. The highest BCUT2D eigenvalue weighted by Crippen LogP contribution is 2.29. The van der Waals surface area contributed by atoms with Crippen molar-refractivity contribution in [2.45, 2.75) is 49.6 Å². The lowest BCUT2D eigenvalue weighted by Gasteiger charge is -2.32. The highest BCUT2D eigenvalue weighted by atomic mass is 32.2. The normalized spacial score (nSPS) is 26.7. The third kappa shape index (κ3) is 2.80. The number of piperidine rings is 1. The van der Waals surface area contributed by atoms with E-state index in [1.54, 1.807) is 25.1 Å². The van der Waals surface area contributed by atoms with Crippen molar-refractivity contribution >= 4 is 15.7 Å². The summed E-state index contributed by atoms with van der Waals surface area (Å²) in [4.78, 5) is 2.72. The average Bonchev–Trinajstić information content (AvgIpc) is 2.84. The monoisotopic (exact) mass is 309 g/mol. The van der Waals surface area contributed by atoms with Crippen LogP contribution in [-0.4, -0.2) is 38.5 Å². The molecule has 1 aromatic carbocycles. The van der Waals surface area contributed by atoms with Crippen LogP contribution in [0.25, 0.3) is 0 Å². The Bertz CT molecular complexity index is 630. The van der Waals surface area contributed by atoms with Crippen molar-refractivity contribution in [2.75, 3.05) is 18.8 Å². The van der Waals surface area contributed by atoms with E-state index in [0.717, 1.165) is 25.9 Å². The van der Waals surface area contributed by atoms with Gasteiger partial charge in [-0.15, -0.1) is 0 Å². The summed E-state index contributed by atoms with van der Waals surface area (Å²) in [6.45, 7) is 3.85. The number of sulfonamides is 1. The highest BCUT2D eigenvalue weighted by molar-refractivity contribution is 7.89. The SMILES string of the molecule is Cc1c(N)cccc1S(=O)(=O)NC1CCN2CCCCC12. The maximum Gasteiger partial charge on any atom is 0.241 e. The lowest BCUT2D eigenvalue weighted by Crippen LogP contribution is -2.46. The first-order valence-corrected chi connectivity index (χ1v) is 9.09. The van der Waals surface area contributed by atoms with Gasteiger partial charge >= 0.3 is 0 Å². The number of nitrogens with two attached hydrogens (primary N) is 1. The van der Waals surface area contributed by atoms with Crippen LogP contribution < -0.4 is 10.5 Å². The fourth-order valence-corrected chi connectivity index (χ4v) is 5.15. The summed E-state index contributed by atoms with van der Waals surface area (Å²) in [6, 6.07) is 5.43. The van der Waals surface area contributed by atoms with Gasteiger partial charge in [-0.05, 0) is 50.4 Å². The van der Waals surface area contributed by atoms with E-state index in [-0.39, 0.29) is 6.04 Å².